The Morgan fingerprint density at radius 1 is 1.25 bits per heavy atom. The van der Waals surface area contributed by atoms with Crippen LogP contribution in [0.5, 0.6) is 0 Å². The summed E-state index contributed by atoms with van der Waals surface area (Å²) in [6.45, 7) is 3.48. The number of halogens is 4. The molecule has 0 unspecified atom stereocenters. The average molecular weight is 319 g/mol. The fraction of sp³-hybridized carbons (Fsp3) is 0.143. The van der Waals surface area contributed by atoms with Crippen molar-refractivity contribution in [1.29, 1.82) is 0 Å². The molecule has 0 spiro atoms. The largest absolute Gasteiger partial charge is 0.449 e. The highest BCUT2D eigenvalue weighted by molar-refractivity contribution is 7.99. The molecule has 1 aromatic heterocycles. The third-order valence-corrected chi connectivity index (χ3v) is 3.68. The molecule has 0 bridgehead atoms. The highest BCUT2D eigenvalue weighted by atomic mass is 35.5. The molecule has 0 aliphatic heterocycles. The van der Waals surface area contributed by atoms with Gasteiger partial charge in [-0.2, -0.15) is 13.2 Å². The van der Waals surface area contributed by atoms with Crippen LogP contribution in [0.4, 0.5) is 13.2 Å². The molecular formula is C14H10ClF3OS. The van der Waals surface area contributed by atoms with Crippen LogP contribution in [0.1, 0.15) is 5.56 Å². The van der Waals surface area contributed by atoms with Gasteiger partial charge in [-0.3, -0.25) is 0 Å². The minimum atomic E-state index is -4.45. The number of alkyl halides is 3. The SMILES string of the molecule is C=CCSc1oc(-c2ccc(Cl)cc2)cc1C(F)(F)F. The molecule has 6 heteroatoms. The molecule has 1 aromatic carbocycles. The smallest absolute Gasteiger partial charge is 0.420 e. The summed E-state index contributed by atoms with van der Waals surface area (Å²) in [5.74, 6) is 0.511. The predicted molar refractivity (Wildman–Crippen MR) is 75.1 cm³/mol. The normalized spacial score (nSPS) is 11.6. The van der Waals surface area contributed by atoms with E-state index in [1.54, 1.807) is 24.3 Å². The fourth-order valence-corrected chi connectivity index (χ4v) is 2.44. The summed E-state index contributed by atoms with van der Waals surface area (Å²) in [7, 11) is 0. The number of hydrogen-bond acceptors (Lipinski definition) is 2. The van der Waals surface area contributed by atoms with Crippen molar-refractivity contribution < 1.29 is 17.6 Å². The maximum atomic E-state index is 12.9. The molecule has 106 valence electrons. The second-order valence-corrected chi connectivity index (χ2v) is 5.35. The van der Waals surface area contributed by atoms with Gasteiger partial charge >= 0.3 is 6.18 Å². The molecular weight excluding hydrogens is 309 g/mol. The van der Waals surface area contributed by atoms with Crippen molar-refractivity contribution in [3.63, 3.8) is 0 Å². The van der Waals surface area contributed by atoms with Crippen molar-refractivity contribution in [3.8, 4) is 11.3 Å². The summed E-state index contributed by atoms with van der Waals surface area (Å²) in [6, 6.07) is 7.44. The Kier molecular flexibility index (Phi) is 4.50. The molecule has 0 atom stereocenters. The van der Waals surface area contributed by atoms with Gasteiger partial charge < -0.3 is 4.42 Å². The van der Waals surface area contributed by atoms with Crippen LogP contribution < -0.4 is 0 Å². The fourth-order valence-electron chi connectivity index (χ4n) is 1.57. The van der Waals surface area contributed by atoms with Crippen molar-refractivity contribution in [2.75, 3.05) is 5.75 Å². The van der Waals surface area contributed by atoms with E-state index in [0.717, 1.165) is 17.8 Å². The molecule has 0 radical (unpaired) electrons. The Hall–Kier alpha value is -1.33. The predicted octanol–water partition coefficient (Wildman–Crippen LogP) is 5.90. The van der Waals surface area contributed by atoms with E-state index >= 15 is 0 Å². The topological polar surface area (TPSA) is 13.1 Å². The van der Waals surface area contributed by atoms with E-state index in [2.05, 4.69) is 6.58 Å². The molecule has 2 aromatic rings. The highest BCUT2D eigenvalue weighted by Crippen LogP contribution is 2.41. The second kappa shape index (κ2) is 5.97. The molecule has 1 nitrogen and oxygen atoms in total. The van der Waals surface area contributed by atoms with Crippen molar-refractivity contribution in [2.24, 2.45) is 0 Å². The summed E-state index contributed by atoms with van der Waals surface area (Å²) >= 11 is 6.71. The van der Waals surface area contributed by atoms with Crippen molar-refractivity contribution in [2.45, 2.75) is 11.3 Å². The van der Waals surface area contributed by atoms with Gasteiger partial charge in [-0.1, -0.05) is 29.4 Å². The van der Waals surface area contributed by atoms with Gasteiger partial charge in [0.1, 0.15) is 11.3 Å². The first-order chi connectivity index (χ1) is 9.41. The van der Waals surface area contributed by atoms with E-state index in [4.69, 9.17) is 16.0 Å². The lowest BCUT2D eigenvalue weighted by Gasteiger charge is -2.04. The van der Waals surface area contributed by atoms with Crippen LogP contribution in [0.25, 0.3) is 11.3 Å². The monoisotopic (exact) mass is 318 g/mol. The first-order valence-corrected chi connectivity index (χ1v) is 6.99. The van der Waals surface area contributed by atoms with Crippen molar-refractivity contribution in [3.05, 3.63) is 53.6 Å². The highest BCUT2D eigenvalue weighted by Gasteiger charge is 2.36. The number of hydrogen-bond donors (Lipinski definition) is 0. The Morgan fingerprint density at radius 2 is 1.90 bits per heavy atom. The Bertz CT molecular complexity index is 602. The van der Waals surface area contributed by atoms with Gasteiger partial charge in [0.15, 0.2) is 5.09 Å². The van der Waals surface area contributed by atoms with Crippen LogP contribution in [-0.2, 0) is 6.18 Å². The van der Waals surface area contributed by atoms with Gasteiger partial charge in [-0.25, -0.2) is 0 Å². The maximum absolute atomic E-state index is 12.9. The summed E-state index contributed by atoms with van der Waals surface area (Å²) in [5.41, 5.74) is -0.223. The maximum Gasteiger partial charge on any atom is 0.420 e. The molecule has 0 saturated carbocycles. The quantitative estimate of drug-likeness (QED) is 0.514. The molecule has 0 amide bonds. The Labute approximate surface area is 123 Å². The lowest BCUT2D eigenvalue weighted by Crippen LogP contribution is -2.04. The Morgan fingerprint density at radius 3 is 2.45 bits per heavy atom. The molecule has 0 fully saturated rings. The molecule has 0 saturated heterocycles. The van der Waals surface area contributed by atoms with E-state index < -0.39 is 11.7 Å². The van der Waals surface area contributed by atoms with Crippen LogP contribution in [-0.4, -0.2) is 5.75 Å². The van der Waals surface area contributed by atoms with Gasteiger partial charge in [0.2, 0.25) is 0 Å². The molecule has 0 aliphatic rings. The number of benzene rings is 1. The van der Waals surface area contributed by atoms with Gasteiger partial charge in [0.25, 0.3) is 0 Å². The molecule has 1 heterocycles. The summed E-state index contributed by atoms with van der Waals surface area (Å²) in [4.78, 5) is 0. The number of rotatable bonds is 4. The average Bonchev–Trinajstić information content (AvgIpc) is 2.81. The third kappa shape index (κ3) is 3.41. The first kappa shape index (κ1) is 15.1. The Balaban J connectivity index is 2.42. The molecule has 2 rings (SSSR count). The number of furan rings is 1. The molecule has 0 aliphatic carbocycles. The van der Waals surface area contributed by atoms with Crippen molar-refractivity contribution >= 4 is 23.4 Å². The van der Waals surface area contributed by atoms with E-state index in [1.165, 1.54) is 6.08 Å². The molecule has 20 heavy (non-hydrogen) atoms. The van der Waals surface area contributed by atoms with Gasteiger partial charge in [0, 0.05) is 16.3 Å². The number of thioether (sulfide) groups is 1. The zero-order chi connectivity index (χ0) is 14.8. The lowest BCUT2D eigenvalue weighted by atomic mass is 10.1. The van der Waals surface area contributed by atoms with Crippen LogP contribution in [0, 0.1) is 0 Å². The minimum absolute atomic E-state index is 0.151. The first-order valence-electron chi connectivity index (χ1n) is 5.62. The summed E-state index contributed by atoms with van der Waals surface area (Å²) < 4.78 is 44.2. The minimum Gasteiger partial charge on any atom is -0.449 e. The van der Waals surface area contributed by atoms with Gasteiger partial charge in [-0.05, 0) is 30.3 Å². The van der Waals surface area contributed by atoms with Gasteiger partial charge in [-0.15, -0.1) is 6.58 Å². The van der Waals surface area contributed by atoms with Crippen LogP contribution >= 0.6 is 23.4 Å². The summed E-state index contributed by atoms with van der Waals surface area (Å²) in [6.07, 6.45) is -2.92. The molecule has 0 N–H and O–H groups in total. The van der Waals surface area contributed by atoms with E-state index in [1.807, 2.05) is 0 Å². The van der Waals surface area contributed by atoms with Crippen LogP contribution in [0.2, 0.25) is 5.02 Å². The lowest BCUT2D eigenvalue weighted by molar-refractivity contribution is -0.140. The van der Waals surface area contributed by atoms with E-state index in [-0.39, 0.29) is 10.9 Å². The van der Waals surface area contributed by atoms with Gasteiger partial charge in [0.05, 0.1) is 0 Å². The van der Waals surface area contributed by atoms with E-state index in [9.17, 15) is 13.2 Å². The van der Waals surface area contributed by atoms with Crippen LogP contribution in [0.3, 0.4) is 0 Å². The van der Waals surface area contributed by atoms with Crippen molar-refractivity contribution in [1.82, 2.24) is 0 Å². The second-order valence-electron chi connectivity index (χ2n) is 3.92. The summed E-state index contributed by atoms with van der Waals surface area (Å²) in [5, 5.41) is 0.361. The zero-order valence-electron chi connectivity index (χ0n) is 10.2. The van der Waals surface area contributed by atoms with E-state index in [0.29, 0.717) is 16.3 Å². The standard InChI is InChI=1S/C14H10ClF3OS/c1-2-7-20-13-11(14(16,17)18)8-12(19-13)9-3-5-10(15)6-4-9/h2-6,8H,1,7H2. The third-order valence-electron chi connectivity index (χ3n) is 2.46. The zero-order valence-corrected chi connectivity index (χ0v) is 11.8. The van der Waals surface area contributed by atoms with Crippen LogP contribution in [0.15, 0.2) is 52.5 Å².